The molecule has 35 heavy (non-hydrogen) atoms. The van der Waals surface area contributed by atoms with Gasteiger partial charge in [-0.3, -0.25) is 4.79 Å². The monoisotopic (exact) mass is 470 g/mol. The zero-order chi connectivity index (χ0) is 24.9. The number of ether oxygens (including phenoxy) is 2. The number of ketones is 1. The van der Waals surface area contributed by atoms with E-state index in [2.05, 4.69) is 68.5 Å². The second-order valence-corrected chi connectivity index (χ2v) is 9.02. The van der Waals surface area contributed by atoms with Crippen LogP contribution < -0.4 is 4.74 Å². The van der Waals surface area contributed by atoms with Crippen LogP contribution in [0.5, 0.6) is 5.75 Å². The van der Waals surface area contributed by atoms with Crippen LogP contribution in [0.2, 0.25) is 0 Å². The first-order chi connectivity index (χ1) is 17.1. The molecule has 3 aromatic rings. The van der Waals surface area contributed by atoms with Crippen molar-refractivity contribution in [3.8, 4) is 16.9 Å². The Labute approximate surface area is 210 Å². The molecule has 0 fully saturated rings. The molecule has 0 amide bonds. The average molecular weight is 471 g/mol. The number of carbonyl (C=O) groups is 1. The standard InChI is InChI=1S/C32H38O3/c1-4-5-6-10-22-35-32(26(3)33)24-27-13-19-31(20-14-27)34-23-21-25(2)28-15-17-30(18-16-28)29-11-8-7-9-12-29/h7-9,11-21,32H,4-6,10,22-24H2,1-3H3/b25-21+. The second kappa shape index (κ2) is 14.3. The maximum Gasteiger partial charge on any atom is 0.158 e. The Morgan fingerprint density at radius 3 is 2.17 bits per heavy atom. The van der Waals surface area contributed by atoms with E-state index in [-0.39, 0.29) is 11.9 Å². The molecule has 0 bridgehead atoms. The summed E-state index contributed by atoms with van der Waals surface area (Å²) in [4.78, 5) is 12.0. The number of Topliss-reactive ketones (excluding diaryl/α,β-unsaturated/α-hetero) is 1. The topological polar surface area (TPSA) is 35.5 Å². The van der Waals surface area contributed by atoms with E-state index >= 15 is 0 Å². The quantitative estimate of drug-likeness (QED) is 0.224. The van der Waals surface area contributed by atoms with Crippen molar-refractivity contribution in [2.75, 3.05) is 13.2 Å². The lowest BCUT2D eigenvalue weighted by molar-refractivity contribution is -0.128. The molecule has 0 aliphatic heterocycles. The summed E-state index contributed by atoms with van der Waals surface area (Å²) in [6.07, 6.45) is 6.90. The number of hydrogen-bond acceptors (Lipinski definition) is 3. The summed E-state index contributed by atoms with van der Waals surface area (Å²) in [5, 5.41) is 0. The Kier molecular flexibility index (Phi) is 10.8. The SMILES string of the molecule is CCCCCCOC(Cc1ccc(OC/C=C(\C)c2ccc(-c3ccccc3)cc2)cc1)C(C)=O. The molecular formula is C32H38O3. The third-order valence-electron chi connectivity index (χ3n) is 6.20. The van der Waals surface area contributed by atoms with E-state index in [0.717, 1.165) is 24.2 Å². The number of allylic oxidation sites excluding steroid dienone is 1. The third kappa shape index (κ3) is 8.84. The van der Waals surface area contributed by atoms with Crippen LogP contribution in [-0.4, -0.2) is 25.1 Å². The van der Waals surface area contributed by atoms with Crippen molar-refractivity contribution in [3.63, 3.8) is 0 Å². The van der Waals surface area contributed by atoms with Gasteiger partial charge < -0.3 is 9.47 Å². The van der Waals surface area contributed by atoms with Gasteiger partial charge in [0.1, 0.15) is 18.5 Å². The third-order valence-corrected chi connectivity index (χ3v) is 6.20. The summed E-state index contributed by atoms with van der Waals surface area (Å²) in [6.45, 7) is 7.05. The van der Waals surface area contributed by atoms with E-state index in [1.807, 2.05) is 30.3 Å². The smallest absolute Gasteiger partial charge is 0.158 e. The van der Waals surface area contributed by atoms with Crippen molar-refractivity contribution in [2.24, 2.45) is 0 Å². The number of benzene rings is 3. The van der Waals surface area contributed by atoms with Gasteiger partial charge in [0.2, 0.25) is 0 Å². The molecule has 3 aromatic carbocycles. The largest absolute Gasteiger partial charge is 0.490 e. The first kappa shape index (κ1) is 26.4. The first-order valence-electron chi connectivity index (χ1n) is 12.7. The predicted molar refractivity (Wildman–Crippen MR) is 146 cm³/mol. The fourth-order valence-corrected chi connectivity index (χ4v) is 3.95. The molecular weight excluding hydrogens is 432 g/mol. The molecule has 0 heterocycles. The number of unbranched alkanes of at least 4 members (excludes halogenated alkanes) is 3. The van der Waals surface area contributed by atoms with Crippen molar-refractivity contribution in [2.45, 2.75) is 59.0 Å². The van der Waals surface area contributed by atoms with Gasteiger partial charge >= 0.3 is 0 Å². The van der Waals surface area contributed by atoms with Gasteiger partial charge in [-0.1, -0.05) is 92.9 Å². The minimum atomic E-state index is -0.373. The molecule has 3 rings (SSSR count). The molecule has 0 aliphatic rings. The Morgan fingerprint density at radius 2 is 1.51 bits per heavy atom. The minimum Gasteiger partial charge on any atom is -0.490 e. The Balaban J connectivity index is 1.48. The van der Waals surface area contributed by atoms with Crippen molar-refractivity contribution in [1.29, 1.82) is 0 Å². The normalized spacial score (nSPS) is 12.4. The summed E-state index contributed by atoms with van der Waals surface area (Å²) in [5.41, 5.74) is 5.89. The van der Waals surface area contributed by atoms with E-state index in [1.54, 1.807) is 6.92 Å². The number of rotatable bonds is 14. The van der Waals surface area contributed by atoms with E-state index in [1.165, 1.54) is 35.1 Å². The summed E-state index contributed by atoms with van der Waals surface area (Å²) >= 11 is 0. The van der Waals surface area contributed by atoms with Gasteiger partial charge in [0, 0.05) is 13.0 Å². The Morgan fingerprint density at radius 1 is 0.829 bits per heavy atom. The van der Waals surface area contributed by atoms with Gasteiger partial charge in [0.15, 0.2) is 5.78 Å². The fourth-order valence-electron chi connectivity index (χ4n) is 3.95. The van der Waals surface area contributed by atoms with Crippen LogP contribution in [0.25, 0.3) is 16.7 Å². The molecule has 0 saturated heterocycles. The van der Waals surface area contributed by atoms with Gasteiger partial charge in [-0.2, -0.15) is 0 Å². The molecule has 1 atom stereocenters. The highest BCUT2D eigenvalue weighted by atomic mass is 16.5. The van der Waals surface area contributed by atoms with Crippen molar-refractivity contribution >= 4 is 11.4 Å². The highest BCUT2D eigenvalue weighted by Gasteiger charge is 2.15. The highest BCUT2D eigenvalue weighted by molar-refractivity contribution is 5.80. The summed E-state index contributed by atoms with van der Waals surface area (Å²) in [6, 6.07) is 27.0. The van der Waals surface area contributed by atoms with Gasteiger partial charge in [-0.25, -0.2) is 0 Å². The van der Waals surface area contributed by atoms with Crippen LogP contribution in [0, 0.1) is 0 Å². The van der Waals surface area contributed by atoms with Crippen LogP contribution in [-0.2, 0) is 16.0 Å². The van der Waals surface area contributed by atoms with Crippen LogP contribution >= 0.6 is 0 Å². The van der Waals surface area contributed by atoms with Crippen molar-refractivity contribution in [1.82, 2.24) is 0 Å². The zero-order valence-corrected chi connectivity index (χ0v) is 21.3. The molecule has 0 aliphatic carbocycles. The van der Waals surface area contributed by atoms with Crippen molar-refractivity contribution in [3.05, 3.63) is 96.1 Å². The summed E-state index contributed by atoms with van der Waals surface area (Å²) in [7, 11) is 0. The maximum atomic E-state index is 12.0. The van der Waals surface area contributed by atoms with E-state index in [0.29, 0.717) is 19.6 Å². The predicted octanol–water partition coefficient (Wildman–Crippen LogP) is 7.93. The van der Waals surface area contributed by atoms with Gasteiger partial charge in [0.05, 0.1) is 0 Å². The molecule has 0 saturated carbocycles. The zero-order valence-electron chi connectivity index (χ0n) is 21.3. The minimum absolute atomic E-state index is 0.0817. The second-order valence-electron chi connectivity index (χ2n) is 9.02. The van der Waals surface area contributed by atoms with Crippen LogP contribution in [0.15, 0.2) is 84.9 Å². The summed E-state index contributed by atoms with van der Waals surface area (Å²) < 4.78 is 11.8. The van der Waals surface area contributed by atoms with E-state index in [9.17, 15) is 4.79 Å². The van der Waals surface area contributed by atoms with Crippen LogP contribution in [0.4, 0.5) is 0 Å². The number of carbonyl (C=O) groups excluding carboxylic acids is 1. The van der Waals surface area contributed by atoms with E-state index in [4.69, 9.17) is 9.47 Å². The lowest BCUT2D eigenvalue weighted by Crippen LogP contribution is -2.25. The molecule has 0 N–H and O–H groups in total. The Hall–Kier alpha value is -3.17. The van der Waals surface area contributed by atoms with Crippen LogP contribution in [0.3, 0.4) is 0 Å². The molecule has 3 nitrogen and oxygen atoms in total. The molecule has 184 valence electrons. The van der Waals surface area contributed by atoms with Gasteiger partial charge in [0.25, 0.3) is 0 Å². The molecule has 0 aromatic heterocycles. The molecule has 0 spiro atoms. The molecule has 3 heteroatoms. The summed E-state index contributed by atoms with van der Waals surface area (Å²) in [5.74, 6) is 0.898. The molecule has 1 unspecified atom stereocenters. The first-order valence-corrected chi connectivity index (χ1v) is 12.7. The number of hydrogen-bond donors (Lipinski definition) is 0. The fraction of sp³-hybridized carbons (Fsp3) is 0.344. The van der Waals surface area contributed by atoms with Gasteiger partial charge in [-0.15, -0.1) is 0 Å². The van der Waals surface area contributed by atoms with Crippen LogP contribution in [0.1, 0.15) is 57.6 Å². The molecule has 0 radical (unpaired) electrons. The lowest BCUT2D eigenvalue weighted by Gasteiger charge is -2.15. The van der Waals surface area contributed by atoms with E-state index < -0.39 is 0 Å². The lowest BCUT2D eigenvalue weighted by atomic mass is 10.0. The van der Waals surface area contributed by atoms with Crippen molar-refractivity contribution < 1.29 is 14.3 Å². The highest BCUT2D eigenvalue weighted by Crippen LogP contribution is 2.22. The average Bonchev–Trinajstić information content (AvgIpc) is 2.89. The van der Waals surface area contributed by atoms with Gasteiger partial charge in [-0.05, 0) is 66.3 Å². The Bertz CT molecular complexity index is 1050. The maximum absolute atomic E-state index is 12.0.